The first-order valence-electron chi connectivity index (χ1n) is 10.3. The Hall–Kier alpha value is -2.62. The van der Waals surface area contributed by atoms with Crippen LogP contribution in [0.15, 0.2) is 65.0 Å². The molecule has 1 amide bonds. The Morgan fingerprint density at radius 1 is 1.28 bits per heavy atom. The third kappa shape index (κ3) is 4.46. The van der Waals surface area contributed by atoms with Crippen molar-refractivity contribution < 1.29 is 17.6 Å². The van der Waals surface area contributed by atoms with Crippen molar-refractivity contribution in [2.45, 2.75) is 31.2 Å². The normalized spacial score (nSPS) is 18.2. The van der Waals surface area contributed by atoms with Gasteiger partial charge in [-0.05, 0) is 61.7 Å². The van der Waals surface area contributed by atoms with Gasteiger partial charge in [-0.25, -0.2) is 12.8 Å². The van der Waals surface area contributed by atoms with Crippen molar-refractivity contribution in [1.29, 1.82) is 0 Å². The van der Waals surface area contributed by atoms with Gasteiger partial charge >= 0.3 is 0 Å². The summed E-state index contributed by atoms with van der Waals surface area (Å²) in [5.74, 6) is -1.35. The highest BCUT2D eigenvalue weighted by atomic mass is 32.2. The predicted molar refractivity (Wildman–Crippen MR) is 123 cm³/mol. The standard InChI is InChI=1S/C23H24FN3O3S2/c1-3-12-27-20-11-6-16(2)14-21(20)31-23(27)25-22(28)17-5-4-13-26(15-17)32(29,30)19-9-7-18(24)8-10-19/h3,6-11,14,17H,1,4-5,12-13,15H2,2H3. The third-order valence-electron chi connectivity index (χ3n) is 5.54. The molecule has 0 N–H and O–H groups in total. The maximum absolute atomic E-state index is 13.2. The molecule has 1 saturated heterocycles. The molecule has 168 valence electrons. The van der Waals surface area contributed by atoms with Crippen LogP contribution in [0.3, 0.4) is 0 Å². The zero-order chi connectivity index (χ0) is 22.9. The second kappa shape index (κ2) is 9.09. The van der Waals surface area contributed by atoms with Crippen LogP contribution < -0.4 is 4.80 Å². The van der Waals surface area contributed by atoms with E-state index in [1.807, 2.05) is 23.6 Å². The van der Waals surface area contributed by atoms with Crippen LogP contribution in [0.25, 0.3) is 10.2 Å². The molecule has 6 nitrogen and oxygen atoms in total. The minimum atomic E-state index is -3.80. The highest BCUT2D eigenvalue weighted by molar-refractivity contribution is 7.89. The zero-order valence-electron chi connectivity index (χ0n) is 17.7. The van der Waals surface area contributed by atoms with Gasteiger partial charge in [-0.1, -0.05) is 23.5 Å². The molecule has 0 radical (unpaired) electrons. The van der Waals surface area contributed by atoms with Crippen molar-refractivity contribution >= 4 is 37.5 Å². The van der Waals surface area contributed by atoms with Gasteiger partial charge in [0.1, 0.15) is 5.82 Å². The molecule has 1 atom stereocenters. The van der Waals surface area contributed by atoms with E-state index in [0.29, 0.717) is 30.7 Å². The monoisotopic (exact) mass is 473 g/mol. The summed E-state index contributed by atoms with van der Waals surface area (Å²) in [6, 6.07) is 10.8. The number of carbonyl (C=O) groups is 1. The number of hydrogen-bond acceptors (Lipinski definition) is 4. The molecule has 9 heteroatoms. The number of carbonyl (C=O) groups excluding carboxylic acids is 1. The molecule has 32 heavy (non-hydrogen) atoms. The van der Waals surface area contributed by atoms with Gasteiger partial charge < -0.3 is 4.57 Å². The molecule has 4 rings (SSSR count). The Bertz CT molecular complexity index is 1340. The van der Waals surface area contributed by atoms with E-state index in [1.165, 1.54) is 27.8 Å². The van der Waals surface area contributed by atoms with E-state index in [0.717, 1.165) is 27.9 Å². The lowest BCUT2D eigenvalue weighted by atomic mass is 9.99. The maximum Gasteiger partial charge on any atom is 0.252 e. The smallest absolute Gasteiger partial charge is 0.252 e. The molecule has 0 bridgehead atoms. The number of aromatic nitrogens is 1. The quantitative estimate of drug-likeness (QED) is 0.528. The molecule has 2 aromatic carbocycles. The van der Waals surface area contributed by atoms with Gasteiger partial charge in [-0.2, -0.15) is 9.30 Å². The van der Waals surface area contributed by atoms with Crippen LogP contribution in [-0.4, -0.2) is 36.3 Å². The summed E-state index contributed by atoms with van der Waals surface area (Å²) in [7, 11) is -3.80. The molecule has 1 aliphatic heterocycles. The van der Waals surface area contributed by atoms with Crippen molar-refractivity contribution in [1.82, 2.24) is 8.87 Å². The number of piperidine rings is 1. The first kappa shape index (κ1) is 22.6. The van der Waals surface area contributed by atoms with E-state index < -0.39 is 21.8 Å². The van der Waals surface area contributed by atoms with Gasteiger partial charge in [0.15, 0.2) is 4.80 Å². The minimum Gasteiger partial charge on any atom is -0.313 e. The van der Waals surface area contributed by atoms with E-state index in [1.54, 1.807) is 6.08 Å². The Balaban J connectivity index is 1.62. The maximum atomic E-state index is 13.2. The van der Waals surface area contributed by atoms with E-state index in [4.69, 9.17) is 0 Å². The number of amides is 1. The number of hydrogen-bond donors (Lipinski definition) is 0. The van der Waals surface area contributed by atoms with Crippen molar-refractivity contribution in [3.63, 3.8) is 0 Å². The lowest BCUT2D eigenvalue weighted by Crippen LogP contribution is -2.42. The number of allylic oxidation sites excluding steroid dienone is 1. The molecule has 0 aliphatic carbocycles. The largest absolute Gasteiger partial charge is 0.313 e. The molecule has 0 spiro atoms. The third-order valence-corrected chi connectivity index (χ3v) is 8.46. The Morgan fingerprint density at radius 2 is 2.03 bits per heavy atom. The van der Waals surface area contributed by atoms with Gasteiger partial charge in [0.2, 0.25) is 10.0 Å². The van der Waals surface area contributed by atoms with E-state index in [9.17, 15) is 17.6 Å². The van der Waals surface area contributed by atoms with Crippen LogP contribution in [0.4, 0.5) is 4.39 Å². The summed E-state index contributed by atoms with van der Waals surface area (Å²) in [6.07, 6.45) is 2.89. The predicted octanol–water partition coefficient (Wildman–Crippen LogP) is 3.86. The van der Waals surface area contributed by atoms with Gasteiger partial charge in [-0.15, -0.1) is 6.58 Å². The molecule has 1 aliphatic rings. The lowest BCUT2D eigenvalue weighted by molar-refractivity contribution is -0.122. The number of nitrogens with zero attached hydrogens (tertiary/aromatic N) is 3. The van der Waals surface area contributed by atoms with Gasteiger partial charge in [0, 0.05) is 19.6 Å². The Morgan fingerprint density at radius 3 is 2.75 bits per heavy atom. The van der Waals surface area contributed by atoms with E-state index in [-0.39, 0.29) is 17.3 Å². The number of sulfonamides is 1. The van der Waals surface area contributed by atoms with E-state index >= 15 is 0 Å². The topological polar surface area (TPSA) is 71.7 Å². The summed E-state index contributed by atoms with van der Waals surface area (Å²) in [5.41, 5.74) is 2.10. The summed E-state index contributed by atoms with van der Waals surface area (Å²) < 4.78 is 43.4. The fourth-order valence-corrected chi connectivity index (χ4v) is 6.54. The fourth-order valence-electron chi connectivity index (χ4n) is 3.87. The summed E-state index contributed by atoms with van der Waals surface area (Å²) >= 11 is 1.44. The first-order valence-corrected chi connectivity index (χ1v) is 12.6. The minimum absolute atomic E-state index is 0.0210. The van der Waals surface area contributed by atoms with E-state index in [2.05, 4.69) is 17.6 Å². The van der Waals surface area contributed by atoms with Crippen LogP contribution in [0.2, 0.25) is 0 Å². The van der Waals surface area contributed by atoms with Gasteiger partial charge in [-0.3, -0.25) is 4.79 Å². The number of rotatable bonds is 5. The molecular formula is C23H24FN3O3S2. The van der Waals surface area contributed by atoms with Crippen molar-refractivity contribution in [2.24, 2.45) is 10.9 Å². The molecule has 1 unspecified atom stereocenters. The molecule has 0 saturated carbocycles. The van der Waals surface area contributed by atoms with Crippen LogP contribution in [0.1, 0.15) is 18.4 Å². The Kier molecular flexibility index (Phi) is 6.41. The molecule has 3 aromatic rings. The average molecular weight is 474 g/mol. The van der Waals surface area contributed by atoms with Crippen LogP contribution in [0, 0.1) is 18.7 Å². The molecule has 1 fully saturated rings. The summed E-state index contributed by atoms with van der Waals surface area (Å²) in [6.45, 7) is 6.72. The van der Waals surface area contributed by atoms with Crippen molar-refractivity contribution in [3.05, 3.63) is 71.3 Å². The second-order valence-corrected chi connectivity index (χ2v) is 10.8. The first-order chi connectivity index (χ1) is 15.3. The highest BCUT2D eigenvalue weighted by Crippen LogP contribution is 2.25. The highest BCUT2D eigenvalue weighted by Gasteiger charge is 2.33. The SMILES string of the molecule is C=CCn1c(=NC(=O)C2CCCN(S(=O)(=O)c3ccc(F)cc3)C2)sc2cc(C)ccc21. The number of fused-ring (bicyclic) bond motifs is 1. The number of aryl methyl sites for hydroxylation is 1. The fraction of sp³-hybridized carbons (Fsp3) is 0.304. The van der Waals surface area contributed by atoms with Crippen LogP contribution in [0.5, 0.6) is 0 Å². The number of halogens is 1. The molecular weight excluding hydrogens is 449 g/mol. The van der Waals surface area contributed by atoms with Crippen LogP contribution >= 0.6 is 11.3 Å². The Labute approximate surface area is 190 Å². The van der Waals surface area contributed by atoms with Crippen LogP contribution in [-0.2, 0) is 21.4 Å². The zero-order valence-corrected chi connectivity index (χ0v) is 19.3. The summed E-state index contributed by atoms with van der Waals surface area (Å²) in [5, 5.41) is 0. The molecule has 2 heterocycles. The van der Waals surface area contributed by atoms with Gasteiger partial charge in [0.05, 0.1) is 21.0 Å². The van der Waals surface area contributed by atoms with Crippen molar-refractivity contribution in [2.75, 3.05) is 13.1 Å². The number of benzene rings is 2. The lowest BCUT2D eigenvalue weighted by Gasteiger charge is -2.30. The molecule has 1 aromatic heterocycles. The second-order valence-electron chi connectivity index (χ2n) is 7.86. The van der Waals surface area contributed by atoms with Crippen molar-refractivity contribution in [3.8, 4) is 0 Å². The van der Waals surface area contributed by atoms with Gasteiger partial charge in [0.25, 0.3) is 5.91 Å². The average Bonchev–Trinajstić information content (AvgIpc) is 3.10. The number of thiazole rings is 1. The summed E-state index contributed by atoms with van der Waals surface area (Å²) in [4.78, 5) is 18.0.